The summed E-state index contributed by atoms with van der Waals surface area (Å²) in [5.41, 5.74) is 1.35. The second-order valence-corrected chi connectivity index (χ2v) is 7.98. The molecule has 0 aliphatic carbocycles. The van der Waals surface area contributed by atoms with Crippen molar-refractivity contribution in [3.63, 3.8) is 0 Å². The van der Waals surface area contributed by atoms with Crippen molar-refractivity contribution in [1.29, 1.82) is 0 Å². The third-order valence-corrected chi connectivity index (χ3v) is 5.92. The Balaban J connectivity index is 1.40. The molecule has 1 unspecified atom stereocenters. The van der Waals surface area contributed by atoms with Gasteiger partial charge < -0.3 is 10.2 Å². The maximum Gasteiger partial charge on any atom is 0.405 e. The Morgan fingerprint density at radius 2 is 1.79 bits per heavy atom. The lowest BCUT2D eigenvalue weighted by atomic mass is 9.93. The number of amides is 1. The molecular formula is C21H30F3N3O. The molecule has 156 valence electrons. The van der Waals surface area contributed by atoms with Crippen molar-refractivity contribution in [2.75, 3.05) is 39.3 Å². The molecule has 2 aliphatic heterocycles. The summed E-state index contributed by atoms with van der Waals surface area (Å²) in [6.07, 6.45) is 0.374. The first-order chi connectivity index (χ1) is 13.4. The van der Waals surface area contributed by atoms with E-state index in [0.717, 1.165) is 51.9 Å². The van der Waals surface area contributed by atoms with E-state index in [1.54, 1.807) is 0 Å². The average molecular weight is 397 g/mol. The van der Waals surface area contributed by atoms with Gasteiger partial charge in [0.05, 0.1) is 5.92 Å². The quantitative estimate of drug-likeness (QED) is 0.801. The zero-order valence-corrected chi connectivity index (χ0v) is 16.3. The van der Waals surface area contributed by atoms with Crippen LogP contribution in [0.25, 0.3) is 0 Å². The topological polar surface area (TPSA) is 35.6 Å². The highest BCUT2D eigenvalue weighted by Gasteiger charge is 2.33. The first-order valence-corrected chi connectivity index (χ1v) is 10.3. The minimum Gasteiger partial charge on any atom is -0.347 e. The summed E-state index contributed by atoms with van der Waals surface area (Å²) in [5.74, 6) is -0.783. The van der Waals surface area contributed by atoms with Gasteiger partial charge in [0.2, 0.25) is 5.91 Å². The molecule has 2 aliphatic rings. The van der Waals surface area contributed by atoms with Crippen LogP contribution in [0.2, 0.25) is 0 Å². The molecule has 0 bridgehead atoms. The molecule has 2 saturated heterocycles. The number of halogens is 3. The minimum absolute atomic E-state index is 0.327. The second kappa shape index (κ2) is 9.74. The van der Waals surface area contributed by atoms with E-state index in [0.29, 0.717) is 19.0 Å². The molecule has 0 saturated carbocycles. The van der Waals surface area contributed by atoms with Crippen LogP contribution in [0.1, 0.15) is 31.2 Å². The maximum absolute atomic E-state index is 12.3. The summed E-state index contributed by atoms with van der Waals surface area (Å²) in [5, 5.41) is 2.06. The smallest absolute Gasteiger partial charge is 0.347 e. The van der Waals surface area contributed by atoms with Gasteiger partial charge in [0.15, 0.2) is 0 Å². The minimum atomic E-state index is -4.35. The fourth-order valence-corrected chi connectivity index (χ4v) is 4.32. The molecule has 0 radical (unpaired) electrons. The van der Waals surface area contributed by atoms with Crippen LogP contribution in [-0.2, 0) is 11.2 Å². The largest absolute Gasteiger partial charge is 0.405 e. The number of nitrogens with one attached hydrogen (secondary N) is 1. The number of hydrogen-bond donors (Lipinski definition) is 1. The summed E-state index contributed by atoms with van der Waals surface area (Å²) in [6.45, 7) is 3.43. The summed E-state index contributed by atoms with van der Waals surface area (Å²) < 4.78 is 37.0. The molecule has 1 amide bonds. The Kier molecular flexibility index (Phi) is 7.35. The van der Waals surface area contributed by atoms with Gasteiger partial charge in [-0.25, -0.2) is 0 Å². The lowest BCUT2D eigenvalue weighted by molar-refractivity contribution is -0.142. The zero-order chi connectivity index (χ0) is 20.0. The Morgan fingerprint density at radius 3 is 2.46 bits per heavy atom. The van der Waals surface area contributed by atoms with E-state index in [2.05, 4.69) is 39.4 Å². The number of rotatable bonds is 6. The molecule has 3 rings (SSSR count). The van der Waals surface area contributed by atoms with Crippen molar-refractivity contribution in [3.05, 3.63) is 35.9 Å². The van der Waals surface area contributed by atoms with Gasteiger partial charge in [-0.2, -0.15) is 13.2 Å². The van der Waals surface area contributed by atoms with E-state index in [4.69, 9.17) is 0 Å². The van der Waals surface area contributed by atoms with E-state index >= 15 is 0 Å². The molecule has 2 fully saturated rings. The van der Waals surface area contributed by atoms with Crippen molar-refractivity contribution in [2.24, 2.45) is 5.92 Å². The van der Waals surface area contributed by atoms with Crippen molar-refractivity contribution in [3.8, 4) is 0 Å². The fourth-order valence-electron chi connectivity index (χ4n) is 4.32. The molecule has 0 aromatic heterocycles. The van der Waals surface area contributed by atoms with Crippen LogP contribution in [-0.4, -0.2) is 67.2 Å². The van der Waals surface area contributed by atoms with Gasteiger partial charge in [-0.05, 0) is 57.3 Å². The highest BCUT2D eigenvalue weighted by atomic mass is 19.4. The van der Waals surface area contributed by atoms with Crippen molar-refractivity contribution < 1.29 is 18.0 Å². The number of nitrogens with zero attached hydrogens (tertiary/aromatic N) is 2. The standard InChI is InChI=1S/C21H30F3N3O/c22-21(23,24)16-25-20(28)18-7-4-11-27(15-18)19-9-13-26(14-10-19)12-8-17-5-2-1-3-6-17/h1-3,5-6,18-19H,4,7-16H2,(H,25,28). The Morgan fingerprint density at radius 1 is 1.07 bits per heavy atom. The van der Waals surface area contributed by atoms with Gasteiger partial charge in [0.25, 0.3) is 0 Å². The van der Waals surface area contributed by atoms with Crippen LogP contribution in [0.3, 0.4) is 0 Å². The van der Waals surface area contributed by atoms with Gasteiger partial charge in [-0.3, -0.25) is 9.69 Å². The number of benzene rings is 1. The van der Waals surface area contributed by atoms with Gasteiger partial charge in [-0.15, -0.1) is 0 Å². The van der Waals surface area contributed by atoms with E-state index in [-0.39, 0.29) is 5.92 Å². The highest BCUT2D eigenvalue weighted by Crippen LogP contribution is 2.24. The first kappa shape index (κ1) is 21.1. The lowest BCUT2D eigenvalue weighted by Gasteiger charge is -2.42. The van der Waals surface area contributed by atoms with Crippen molar-refractivity contribution in [1.82, 2.24) is 15.1 Å². The Hall–Kier alpha value is -1.60. The summed E-state index contributed by atoms with van der Waals surface area (Å²) in [4.78, 5) is 16.9. The second-order valence-electron chi connectivity index (χ2n) is 7.98. The average Bonchev–Trinajstić information content (AvgIpc) is 2.71. The van der Waals surface area contributed by atoms with E-state index < -0.39 is 18.6 Å². The van der Waals surface area contributed by atoms with E-state index in [1.807, 2.05) is 6.07 Å². The molecule has 1 aromatic carbocycles. The Labute approximate surface area is 165 Å². The van der Waals surface area contributed by atoms with Gasteiger partial charge in [0, 0.05) is 19.1 Å². The number of likely N-dealkylation sites (tertiary alicyclic amines) is 2. The van der Waals surface area contributed by atoms with Crippen LogP contribution < -0.4 is 5.32 Å². The molecule has 1 atom stereocenters. The molecule has 1 N–H and O–H groups in total. The third kappa shape index (κ3) is 6.48. The number of carbonyl (C=O) groups excluding carboxylic acids is 1. The normalized spacial score (nSPS) is 22.9. The first-order valence-electron chi connectivity index (χ1n) is 10.3. The molecule has 7 heteroatoms. The monoisotopic (exact) mass is 397 g/mol. The van der Waals surface area contributed by atoms with Crippen LogP contribution in [0.15, 0.2) is 30.3 Å². The number of piperidine rings is 2. The van der Waals surface area contributed by atoms with Crippen LogP contribution in [0, 0.1) is 5.92 Å². The zero-order valence-electron chi connectivity index (χ0n) is 16.3. The molecule has 0 spiro atoms. The van der Waals surface area contributed by atoms with Crippen LogP contribution >= 0.6 is 0 Å². The van der Waals surface area contributed by atoms with E-state index in [1.165, 1.54) is 5.56 Å². The molecule has 1 aromatic rings. The predicted molar refractivity (Wildman–Crippen MR) is 103 cm³/mol. The van der Waals surface area contributed by atoms with Crippen LogP contribution in [0.5, 0.6) is 0 Å². The molecular weight excluding hydrogens is 367 g/mol. The molecule has 2 heterocycles. The van der Waals surface area contributed by atoms with Gasteiger partial charge in [0.1, 0.15) is 6.54 Å². The molecule has 4 nitrogen and oxygen atoms in total. The predicted octanol–water partition coefficient (Wildman–Crippen LogP) is 3.08. The van der Waals surface area contributed by atoms with Crippen molar-refractivity contribution in [2.45, 2.75) is 44.3 Å². The van der Waals surface area contributed by atoms with E-state index in [9.17, 15) is 18.0 Å². The molecule has 28 heavy (non-hydrogen) atoms. The van der Waals surface area contributed by atoms with Crippen LogP contribution in [0.4, 0.5) is 13.2 Å². The maximum atomic E-state index is 12.3. The van der Waals surface area contributed by atoms with Gasteiger partial charge in [-0.1, -0.05) is 30.3 Å². The number of hydrogen-bond acceptors (Lipinski definition) is 3. The lowest BCUT2D eigenvalue weighted by Crippen LogP contribution is -2.51. The SMILES string of the molecule is O=C(NCC(F)(F)F)C1CCCN(C2CCN(CCc3ccccc3)CC2)C1. The van der Waals surface area contributed by atoms with Gasteiger partial charge >= 0.3 is 6.18 Å². The summed E-state index contributed by atoms with van der Waals surface area (Å²) in [6, 6.07) is 10.9. The highest BCUT2D eigenvalue weighted by molar-refractivity contribution is 5.79. The number of alkyl halides is 3. The third-order valence-electron chi connectivity index (χ3n) is 5.92. The summed E-state index contributed by atoms with van der Waals surface area (Å²) in [7, 11) is 0. The Bertz CT molecular complexity index is 615. The number of carbonyl (C=O) groups is 1. The fraction of sp³-hybridized carbons (Fsp3) is 0.667. The van der Waals surface area contributed by atoms with Crippen molar-refractivity contribution >= 4 is 5.91 Å². The summed E-state index contributed by atoms with van der Waals surface area (Å²) >= 11 is 0.